The quantitative estimate of drug-likeness (QED) is 0.299. The SMILES string of the molecule is CCCOC(=O)C1=C(C)NC2=C(C(=O)[C@@H](C(=O)OC)[C@H](C)C2)[C@H]1c1ccc(C)c([N+](=O)[O-])c1. The van der Waals surface area contributed by atoms with E-state index in [1.165, 1.54) is 13.2 Å². The number of nitrogens with zero attached hydrogens (tertiary/aromatic N) is 1. The summed E-state index contributed by atoms with van der Waals surface area (Å²) in [5, 5.41) is 14.8. The van der Waals surface area contributed by atoms with E-state index in [0.717, 1.165) is 0 Å². The first-order valence-corrected chi connectivity index (χ1v) is 10.9. The Morgan fingerprint density at radius 3 is 2.58 bits per heavy atom. The Labute approximate surface area is 192 Å². The average Bonchev–Trinajstić information content (AvgIpc) is 2.76. The summed E-state index contributed by atoms with van der Waals surface area (Å²) in [5.74, 6) is -3.95. The van der Waals surface area contributed by atoms with Gasteiger partial charge in [0.25, 0.3) is 5.69 Å². The number of benzene rings is 1. The van der Waals surface area contributed by atoms with Crippen molar-refractivity contribution in [3.8, 4) is 0 Å². The number of esters is 2. The molecule has 0 spiro atoms. The van der Waals surface area contributed by atoms with E-state index in [-0.39, 0.29) is 29.4 Å². The minimum absolute atomic E-state index is 0.117. The van der Waals surface area contributed by atoms with Gasteiger partial charge in [-0.3, -0.25) is 19.7 Å². The molecule has 1 heterocycles. The number of hydrogen-bond acceptors (Lipinski definition) is 8. The number of Topliss-reactive ketones (excluding diaryl/α,β-unsaturated/α-hetero) is 1. The third kappa shape index (κ3) is 4.40. The van der Waals surface area contributed by atoms with Gasteiger partial charge in [0, 0.05) is 34.5 Å². The molecular weight excluding hydrogens is 428 g/mol. The molecule has 33 heavy (non-hydrogen) atoms. The van der Waals surface area contributed by atoms with Crippen molar-refractivity contribution in [2.45, 2.75) is 46.5 Å². The van der Waals surface area contributed by atoms with Crippen LogP contribution < -0.4 is 5.32 Å². The predicted molar refractivity (Wildman–Crippen MR) is 119 cm³/mol. The Balaban J connectivity index is 2.23. The lowest BCUT2D eigenvalue weighted by Crippen LogP contribution is -2.43. The second-order valence-corrected chi connectivity index (χ2v) is 8.47. The monoisotopic (exact) mass is 456 g/mol. The number of ether oxygens (including phenoxy) is 2. The van der Waals surface area contributed by atoms with Crippen LogP contribution in [0.4, 0.5) is 5.69 Å². The fraction of sp³-hybridized carbons (Fsp3) is 0.458. The van der Waals surface area contributed by atoms with Gasteiger partial charge in [-0.05, 0) is 38.2 Å². The van der Waals surface area contributed by atoms with Crippen LogP contribution in [0.5, 0.6) is 0 Å². The minimum Gasteiger partial charge on any atom is -0.468 e. The smallest absolute Gasteiger partial charge is 0.336 e. The van der Waals surface area contributed by atoms with Crippen LogP contribution >= 0.6 is 0 Å². The van der Waals surface area contributed by atoms with E-state index < -0.39 is 34.5 Å². The van der Waals surface area contributed by atoms with Crippen LogP contribution in [0.3, 0.4) is 0 Å². The van der Waals surface area contributed by atoms with E-state index in [2.05, 4.69) is 5.32 Å². The maximum absolute atomic E-state index is 13.6. The number of hydrogen-bond donors (Lipinski definition) is 1. The first-order valence-electron chi connectivity index (χ1n) is 10.9. The van der Waals surface area contributed by atoms with Crippen molar-refractivity contribution in [2.75, 3.05) is 13.7 Å². The standard InChI is InChI=1S/C24H28N2O7/c1-6-9-33-24(29)19-14(4)25-16-10-13(3)18(23(28)32-5)22(27)21(16)20(19)15-8-7-12(2)17(11-15)26(30)31/h7-8,11,13,18,20,25H,6,9-10H2,1-5H3/t13-,18+,20+/m1/s1. The third-order valence-electron chi connectivity index (χ3n) is 6.16. The van der Waals surface area contributed by atoms with Gasteiger partial charge < -0.3 is 14.8 Å². The van der Waals surface area contributed by atoms with Gasteiger partial charge >= 0.3 is 11.9 Å². The number of carbonyl (C=O) groups excluding carboxylic acids is 3. The van der Waals surface area contributed by atoms with E-state index in [0.29, 0.717) is 35.4 Å². The Kier molecular flexibility index (Phi) is 7.00. The number of nitro benzene ring substituents is 1. The molecule has 0 radical (unpaired) electrons. The lowest BCUT2D eigenvalue weighted by atomic mass is 9.69. The van der Waals surface area contributed by atoms with Gasteiger partial charge in [0.1, 0.15) is 5.92 Å². The lowest BCUT2D eigenvalue weighted by molar-refractivity contribution is -0.385. The zero-order valence-corrected chi connectivity index (χ0v) is 19.4. The van der Waals surface area contributed by atoms with E-state index in [1.807, 2.05) is 6.92 Å². The summed E-state index contributed by atoms with van der Waals surface area (Å²) in [5.41, 5.74) is 2.31. The first-order chi connectivity index (χ1) is 15.6. The van der Waals surface area contributed by atoms with Crippen molar-refractivity contribution >= 4 is 23.4 Å². The van der Waals surface area contributed by atoms with Gasteiger partial charge in [0.05, 0.1) is 24.2 Å². The molecule has 0 unspecified atom stereocenters. The largest absolute Gasteiger partial charge is 0.468 e. The predicted octanol–water partition coefficient (Wildman–Crippen LogP) is 3.47. The van der Waals surface area contributed by atoms with Crippen LogP contribution in [0.2, 0.25) is 0 Å². The molecule has 3 rings (SSSR count). The number of ketones is 1. The summed E-state index contributed by atoms with van der Waals surface area (Å²) in [6.07, 6.45) is 1.00. The summed E-state index contributed by atoms with van der Waals surface area (Å²) >= 11 is 0. The second-order valence-electron chi connectivity index (χ2n) is 8.47. The van der Waals surface area contributed by atoms with Gasteiger partial charge in [0.2, 0.25) is 0 Å². The number of nitro groups is 1. The minimum atomic E-state index is -1.02. The molecule has 0 amide bonds. The molecule has 9 nitrogen and oxygen atoms in total. The Morgan fingerprint density at radius 2 is 1.97 bits per heavy atom. The number of aryl methyl sites for hydroxylation is 1. The Hall–Kier alpha value is -3.49. The van der Waals surface area contributed by atoms with Crippen LogP contribution in [-0.2, 0) is 23.9 Å². The summed E-state index contributed by atoms with van der Waals surface area (Å²) in [7, 11) is 1.23. The molecule has 0 fully saturated rings. The van der Waals surface area contributed by atoms with Gasteiger partial charge in [-0.25, -0.2) is 4.79 Å². The fourth-order valence-electron chi connectivity index (χ4n) is 4.56. The van der Waals surface area contributed by atoms with E-state index in [1.54, 1.807) is 32.9 Å². The number of carbonyl (C=O) groups is 3. The highest BCUT2D eigenvalue weighted by Crippen LogP contribution is 2.46. The molecule has 1 N–H and O–H groups in total. The highest BCUT2D eigenvalue weighted by molar-refractivity contribution is 6.12. The van der Waals surface area contributed by atoms with Crippen LogP contribution in [-0.4, -0.2) is 36.4 Å². The summed E-state index contributed by atoms with van der Waals surface area (Å²) < 4.78 is 10.3. The number of allylic oxidation sites excluding steroid dienone is 3. The molecule has 0 saturated carbocycles. The molecule has 1 aliphatic heterocycles. The van der Waals surface area contributed by atoms with Crippen molar-refractivity contribution < 1.29 is 28.8 Å². The number of dihydropyridines is 1. The molecule has 9 heteroatoms. The molecule has 3 atom stereocenters. The van der Waals surface area contributed by atoms with Crippen molar-refractivity contribution in [1.29, 1.82) is 0 Å². The number of methoxy groups -OCH3 is 1. The normalized spacial score (nSPS) is 22.5. The Morgan fingerprint density at radius 1 is 1.27 bits per heavy atom. The Bertz CT molecular complexity index is 1090. The van der Waals surface area contributed by atoms with Gasteiger partial charge in [0.15, 0.2) is 5.78 Å². The van der Waals surface area contributed by atoms with Crippen LogP contribution in [0.15, 0.2) is 40.7 Å². The summed E-state index contributed by atoms with van der Waals surface area (Å²) in [4.78, 5) is 50.2. The van der Waals surface area contributed by atoms with Crippen LogP contribution in [0.1, 0.15) is 50.7 Å². The zero-order chi connectivity index (χ0) is 24.4. The molecule has 0 aromatic heterocycles. The van der Waals surface area contributed by atoms with E-state index in [9.17, 15) is 24.5 Å². The number of nitrogens with one attached hydrogen (secondary N) is 1. The average molecular weight is 456 g/mol. The molecule has 1 aliphatic carbocycles. The van der Waals surface area contributed by atoms with Crippen molar-refractivity contribution in [2.24, 2.45) is 11.8 Å². The van der Waals surface area contributed by atoms with E-state index in [4.69, 9.17) is 9.47 Å². The van der Waals surface area contributed by atoms with Crippen molar-refractivity contribution in [3.63, 3.8) is 0 Å². The molecule has 2 aliphatic rings. The topological polar surface area (TPSA) is 125 Å². The van der Waals surface area contributed by atoms with Crippen LogP contribution in [0, 0.1) is 28.9 Å². The summed E-state index contributed by atoms with van der Waals surface area (Å²) in [6, 6.07) is 4.64. The fourth-order valence-corrected chi connectivity index (χ4v) is 4.56. The maximum atomic E-state index is 13.6. The molecule has 0 bridgehead atoms. The lowest BCUT2D eigenvalue weighted by Gasteiger charge is -2.38. The molecule has 176 valence electrons. The van der Waals surface area contributed by atoms with Crippen molar-refractivity contribution in [3.05, 3.63) is 62.0 Å². The summed E-state index contributed by atoms with van der Waals surface area (Å²) in [6.45, 7) is 7.18. The highest BCUT2D eigenvalue weighted by Gasteiger charge is 2.47. The maximum Gasteiger partial charge on any atom is 0.336 e. The molecule has 1 aromatic carbocycles. The van der Waals surface area contributed by atoms with Gasteiger partial charge in [-0.15, -0.1) is 0 Å². The van der Waals surface area contributed by atoms with E-state index >= 15 is 0 Å². The first kappa shape index (κ1) is 24.2. The van der Waals surface area contributed by atoms with Crippen molar-refractivity contribution in [1.82, 2.24) is 5.32 Å². The highest BCUT2D eigenvalue weighted by atomic mass is 16.6. The zero-order valence-electron chi connectivity index (χ0n) is 19.4. The second kappa shape index (κ2) is 9.56. The molecule has 1 aromatic rings. The van der Waals surface area contributed by atoms with Gasteiger partial charge in [-0.2, -0.15) is 0 Å². The van der Waals surface area contributed by atoms with Crippen LogP contribution in [0.25, 0.3) is 0 Å². The molecular formula is C24H28N2O7. The van der Waals surface area contributed by atoms with Gasteiger partial charge in [-0.1, -0.05) is 26.0 Å². The third-order valence-corrected chi connectivity index (χ3v) is 6.16. The molecule has 0 saturated heterocycles. The number of rotatable bonds is 6.